The van der Waals surface area contributed by atoms with Gasteiger partial charge in [0.05, 0.1) is 13.2 Å². The Labute approximate surface area is 153 Å². The van der Waals surface area contributed by atoms with Gasteiger partial charge in [0.15, 0.2) is 5.96 Å². The molecule has 0 atom stereocenters. The lowest BCUT2D eigenvalue weighted by Gasteiger charge is -2.32. The monoisotopic (exact) mass is 367 g/mol. The predicted molar refractivity (Wildman–Crippen MR) is 102 cm³/mol. The molecule has 140 valence electrons. The smallest absolute Gasteiger partial charge is 0.239 e. The third-order valence-electron chi connectivity index (χ3n) is 4.18. The number of hydrogen-bond donors (Lipinski definition) is 3. The summed E-state index contributed by atoms with van der Waals surface area (Å²) in [6.45, 7) is 4.42. The van der Waals surface area contributed by atoms with Gasteiger partial charge in [0, 0.05) is 46.4 Å². The number of ether oxygens (including phenoxy) is 1. The molecule has 1 amide bonds. The fourth-order valence-electron chi connectivity index (χ4n) is 2.78. The van der Waals surface area contributed by atoms with Crippen molar-refractivity contribution in [1.29, 1.82) is 0 Å². The molecule has 1 aromatic heterocycles. The molecule has 2 heterocycles. The number of carbonyl (C=O) groups is 1. The van der Waals surface area contributed by atoms with Gasteiger partial charge in [0.25, 0.3) is 0 Å². The Balaban J connectivity index is 1.64. The van der Waals surface area contributed by atoms with Crippen LogP contribution in [-0.2, 0) is 16.1 Å². The minimum Gasteiger partial charge on any atom is -0.383 e. The first-order chi connectivity index (χ1) is 12.2. The Bertz CT molecular complexity index is 527. The van der Waals surface area contributed by atoms with E-state index in [2.05, 4.69) is 42.7 Å². The van der Waals surface area contributed by atoms with Gasteiger partial charge in [-0.05, 0) is 35.2 Å². The molecule has 1 aromatic rings. The predicted octanol–water partition coefficient (Wildman–Crippen LogP) is 0.640. The van der Waals surface area contributed by atoms with Crippen LogP contribution in [0.5, 0.6) is 0 Å². The molecule has 25 heavy (non-hydrogen) atoms. The maximum absolute atomic E-state index is 11.7. The highest BCUT2D eigenvalue weighted by atomic mass is 32.1. The van der Waals surface area contributed by atoms with Crippen molar-refractivity contribution in [3.63, 3.8) is 0 Å². The van der Waals surface area contributed by atoms with Crippen LogP contribution in [-0.4, -0.2) is 69.8 Å². The molecule has 3 N–H and O–H groups in total. The molecular formula is C17H29N5O2S. The molecule has 1 fully saturated rings. The fourth-order valence-corrected chi connectivity index (χ4v) is 3.44. The Kier molecular flexibility index (Phi) is 8.71. The van der Waals surface area contributed by atoms with Gasteiger partial charge in [0.2, 0.25) is 5.91 Å². The first-order valence-electron chi connectivity index (χ1n) is 8.67. The van der Waals surface area contributed by atoms with E-state index in [-0.39, 0.29) is 12.5 Å². The summed E-state index contributed by atoms with van der Waals surface area (Å²) in [6, 6.07) is 2.58. The summed E-state index contributed by atoms with van der Waals surface area (Å²) >= 11 is 1.75. The van der Waals surface area contributed by atoms with Gasteiger partial charge in [-0.25, -0.2) is 0 Å². The zero-order valence-corrected chi connectivity index (χ0v) is 15.9. The number of likely N-dealkylation sites (tertiary alicyclic amines) is 1. The van der Waals surface area contributed by atoms with E-state index in [9.17, 15) is 4.79 Å². The average molecular weight is 368 g/mol. The van der Waals surface area contributed by atoms with Crippen LogP contribution in [0.15, 0.2) is 21.8 Å². The van der Waals surface area contributed by atoms with Crippen LogP contribution in [0.1, 0.15) is 18.4 Å². The molecule has 0 saturated carbocycles. The number of methoxy groups -OCH3 is 1. The van der Waals surface area contributed by atoms with E-state index >= 15 is 0 Å². The van der Waals surface area contributed by atoms with E-state index in [1.165, 1.54) is 5.56 Å². The highest BCUT2D eigenvalue weighted by Gasteiger charge is 2.20. The topological polar surface area (TPSA) is 78.0 Å². The molecule has 8 heteroatoms. The number of rotatable bonds is 8. The number of guanidine groups is 1. The second-order valence-corrected chi connectivity index (χ2v) is 6.87. The fraction of sp³-hybridized carbons (Fsp3) is 0.647. The molecule has 2 rings (SSSR count). The minimum atomic E-state index is -0.0643. The zero-order chi connectivity index (χ0) is 17.9. The van der Waals surface area contributed by atoms with Crippen molar-refractivity contribution in [2.75, 3.05) is 46.9 Å². The second-order valence-electron chi connectivity index (χ2n) is 6.09. The molecule has 1 aliphatic heterocycles. The Morgan fingerprint density at radius 3 is 2.84 bits per heavy atom. The van der Waals surface area contributed by atoms with Gasteiger partial charge in [-0.15, -0.1) is 0 Å². The van der Waals surface area contributed by atoms with Crippen LogP contribution < -0.4 is 16.0 Å². The van der Waals surface area contributed by atoms with Crippen LogP contribution in [0.2, 0.25) is 0 Å². The van der Waals surface area contributed by atoms with E-state index in [1.807, 2.05) is 0 Å². The SMILES string of the molecule is CN=C(NCC(=O)NCCOC)NC1CCN(Cc2ccsc2)CC1. The summed E-state index contributed by atoms with van der Waals surface area (Å²) in [7, 11) is 3.34. The van der Waals surface area contributed by atoms with Crippen LogP contribution in [0.25, 0.3) is 0 Å². The summed E-state index contributed by atoms with van der Waals surface area (Å²) in [4.78, 5) is 18.4. The summed E-state index contributed by atoms with van der Waals surface area (Å²) in [5, 5.41) is 13.6. The molecule has 7 nitrogen and oxygen atoms in total. The molecule has 0 unspecified atom stereocenters. The molecule has 0 bridgehead atoms. The molecule has 1 aliphatic rings. The number of aliphatic imine (C=N–C) groups is 1. The van der Waals surface area contributed by atoms with Crippen LogP contribution >= 0.6 is 11.3 Å². The van der Waals surface area contributed by atoms with Crippen LogP contribution in [0.4, 0.5) is 0 Å². The normalized spacial score (nSPS) is 16.6. The third kappa shape index (κ3) is 7.41. The summed E-state index contributed by atoms with van der Waals surface area (Å²) in [6.07, 6.45) is 2.15. The van der Waals surface area contributed by atoms with E-state index in [0.717, 1.165) is 32.5 Å². The van der Waals surface area contributed by atoms with Crippen molar-refractivity contribution < 1.29 is 9.53 Å². The minimum absolute atomic E-state index is 0.0643. The van der Waals surface area contributed by atoms with Gasteiger partial charge >= 0.3 is 0 Å². The average Bonchev–Trinajstić information content (AvgIpc) is 3.13. The summed E-state index contributed by atoms with van der Waals surface area (Å²) in [5.74, 6) is 0.615. The van der Waals surface area contributed by atoms with E-state index in [0.29, 0.717) is 25.2 Å². The lowest BCUT2D eigenvalue weighted by atomic mass is 10.0. The molecule has 0 spiro atoms. The van der Waals surface area contributed by atoms with Crippen molar-refractivity contribution in [3.8, 4) is 0 Å². The number of thiophene rings is 1. The number of nitrogens with one attached hydrogen (secondary N) is 3. The Morgan fingerprint density at radius 1 is 1.40 bits per heavy atom. The number of piperidine rings is 1. The molecular weight excluding hydrogens is 338 g/mol. The van der Waals surface area contributed by atoms with E-state index in [4.69, 9.17) is 4.74 Å². The Hall–Kier alpha value is -1.64. The lowest BCUT2D eigenvalue weighted by Crippen LogP contribution is -2.50. The summed E-state index contributed by atoms with van der Waals surface area (Å²) in [5.41, 5.74) is 1.40. The van der Waals surface area contributed by atoms with Crippen molar-refractivity contribution in [3.05, 3.63) is 22.4 Å². The van der Waals surface area contributed by atoms with Gasteiger partial charge in [-0.2, -0.15) is 11.3 Å². The van der Waals surface area contributed by atoms with Gasteiger partial charge in [-0.1, -0.05) is 0 Å². The maximum Gasteiger partial charge on any atom is 0.239 e. The standard InChI is InChI=1S/C17H29N5O2S/c1-18-17(20-11-16(23)19-6-9-24-2)21-15-3-7-22(8-4-15)12-14-5-10-25-13-14/h5,10,13,15H,3-4,6-9,11-12H2,1-2H3,(H,19,23)(H2,18,20,21). The number of nitrogens with zero attached hydrogens (tertiary/aromatic N) is 2. The first-order valence-corrected chi connectivity index (χ1v) is 9.61. The lowest BCUT2D eigenvalue weighted by molar-refractivity contribution is -0.120. The number of hydrogen-bond acceptors (Lipinski definition) is 5. The Morgan fingerprint density at radius 2 is 2.20 bits per heavy atom. The van der Waals surface area contributed by atoms with E-state index in [1.54, 1.807) is 25.5 Å². The van der Waals surface area contributed by atoms with Crippen LogP contribution in [0.3, 0.4) is 0 Å². The van der Waals surface area contributed by atoms with Crippen molar-refractivity contribution in [2.45, 2.75) is 25.4 Å². The summed E-state index contributed by atoms with van der Waals surface area (Å²) < 4.78 is 4.91. The zero-order valence-electron chi connectivity index (χ0n) is 15.1. The quantitative estimate of drug-likeness (QED) is 0.357. The van der Waals surface area contributed by atoms with Crippen molar-refractivity contribution in [1.82, 2.24) is 20.9 Å². The highest BCUT2D eigenvalue weighted by Crippen LogP contribution is 2.15. The van der Waals surface area contributed by atoms with E-state index < -0.39 is 0 Å². The third-order valence-corrected chi connectivity index (χ3v) is 4.92. The van der Waals surface area contributed by atoms with Gasteiger partial charge < -0.3 is 20.7 Å². The number of amides is 1. The number of carbonyl (C=O) groups excluding carboxylic acids is 1. The molecule has 0 radical (unpaired) electrons. The largest absolute Gasteiger partial charge is 0.383 e. The van der Waals surface area contributed by atoms with Crippen molar-refractivity contribution >= 4 is 23.2 Å². The van der Waals surface area contributed by atoms with Crippen molar-refractivity contribution in [2.24, 2.45) is 4.99 Å². The molecule has 0 aromatic carbocycles. The van der Waals surface area contributed by atoms with Gasteiger partial charge in [-0.3, -0.25) is 14.7 Å². The van der Waals surface area contributed by atoms with Crippen LogP contribution in [0, 0.1) is 0 Å². The highest BCUT2D eigenvalue weighted by molar-refractivity contribution is 7.07. The molecule has 1 saturated heterocycles. The first kappa shape index (κ1) is 19.7. The maximum atomic E-state index is 11.7. The molecule has 0 aliphatic carbocycles. The second kappa shape index (κ2) is 11.1. The van der Waals surface area contributed by atoms with Gasteiger partial charge in [0.1, 0.15) is 0 Å².